The van der Waals surface area contributed by atoms with Crippen molar-refractivity contribution in [1.29, 1.82) is 0 Å². The van der Waals surface area contributed by atoms with E-state index < -0.39 is 50.1 Å². The third-order valence-electron chi connectivity index (χ3n) is 2.17. The van der Waals surface area contributed by atoms with E-state index in [4.69, 9.17) is 20.4 Å². The van der Waals surface area contributed by atoms with Crippen molar-refractivity contribution in [3.05, 3.63) is 0 Å². The van der Waals surface area contributed by atoms with Crippen LogP contribution in [0.25, 0.3) is 0 Å². The Kier molecular flexibility index (Phi) is 16.6. The summed E-state index contributed by atoms with van der Waals surface area (Å²) in [6.45, 7) is -2.25. The summed E-state index contributed by atoms with van der Waals surface area (Å²) in [5, 5.41) is 34.5. The molecule has 0 aromatic rings. The van der Waals surface area contributed by atoms with E-state index >= 15 is 0 Å². The Hall–Kier alpha value is -0.681. The van der Waals surface area contributed by atoms with Gasteiger partial charge in [0.1, 0.15) is 0 Å². The molecule has 0 aliphatic heterocycles. The maximum Gasteiger partial charge on any atom is 0.317 e. The molecule has 10 nitrogen and oxygen atoms in total. The molecule has 2 radical (unpaired) electrons. The second kappa shape index (κ2) is 13.9. The first kappa shape index (κ1) is 26.2. The van der Waals surface area contributed by atoms with Crippen LogP contribution in [-0.2, 0) is 36.2 Å². The second-order valence-electron chi connectivity index (χ2n) is 4.00. The Bertz CT molecular complexity index is 327. The Labute approximate surface area is 158 Å². The Morgan fingerprint density at radius 2 is 0.773 bits per heavy atom. The zero-order valence-corrected chi connectivity index (χ0v) is 15.1. The Morgan fingerprint density at radius 3 is 0.909 bits per heavy atom. The summed E-state index contributed by atoms with van der Waals surface area (Å²) in [6, 6.07) is 0. The molecule has 0 amide bonds. The van der Waals surface area contributed by atoms with Gasteiger partial charge in [0.05, 0.1) is 26.2 Å². The number of carboxylic acids is 4. The van der Waals surface area contributed by atoms with Gasteiger partial charge in [-0.2, -0.15) is 0 Å². The number of aliphatic carboxylic acids is 4. The molecule has 0 spiro atoms. The third kappa shape index (κ3) is 15.7. The van der Waals surface area contributed by atoms with E-state index in [1.807, 2.05) is 0 Å². The predicted molar refractivity (Wildman–Crippen MR) is 69.2 cm³/mol. The Morgan fingerprint density at radius 1 is 0.591 bits per heavy atom. The van der Waals surface area contributed by atoms with Crippen molar-refractivity contribution in [3.63, 3.8) is 0 Å². The van der Waals surface area contributed by atoms with Gasteiger partial charge in [-0.25, -0.2) is 0 Å². The van der Waals surface area contributed by atoms with Crippen LogP contribution in [0.15, 0.2) is 0 Å². The minimum Gasteiger partial charge on any atom is -0.480 e. The third-order valence-corrected chi connectivity index (χ3v) is 2.17. The van der Waals surface area contributed by atoms with E-state index in [0.717, 1.165) is 9.80 Å². The average molecular weight is 370 g/mol. The van der Waals surface area contributed by atoms with E-state index in [1.165, 1.54) is 0 Å². The summed E-state index contributed by atoms with van der Waals surface area (Å²) < 4.78 is 0. The fourth-order valence-corrected chi connectivity index (χ4v) is 1.48. The summed E-state index contributed by atoms with van der Waals surface area (Å²) in [5.41, 5.74) is 0. The van der Waals surface area contributed by atoms with E-state index in [9.17, 15) is 19.2 Å². The molecule has 0 heterocycles. The summed E-state index contributed by atoms with van der Waals surface area (Å²) in [7, 11) is 0. The zero-order valence-electron chi connectivity index (χ0n) is 11.9. The minimum atomic E-state index is -1.23. The average Bonchev–Trinajstić information content (AvgIpc) is 2.22. The van der Waals surface area contributed by atoms with Crippen LogP contribution in [0, 0.1) is 0 Å². The summed E-state index contributed by atoms with van der Waals surface area (Å²) in [6.07, 6.45) is 0. The van der Waals surface area contributed by atoms with Gasteiger partial charge in [-0.3, -0.25) is 29.0 Å². The maximum atomic E-state index is 10.6. The van der Waals surface area contributed by atoms with Crippen LogP contribution < -0.4 is 0 Å². The van der Waals surface area contributed by atoms with Gasteiger partial charge in [-0.05, 0) is 0 Å². The predicted octanol–water partition coefficient (Wildman–Crippen LogP) is -2.45. The number of hydrogen-bond acceptors (Lipinski definition) is 6. The van der Waals surface area contributed by atoms with Gasteiger partial charge in [0.2, 0.25) is 0 Å². The molecule has 0 rings (SSSR count). The van der Waals surface area contributed by atoms with Gasteiger partial charge in [0.25, 0.3) is 0 Å². The molecule has 0 fully saturated rings. The summed E-state index contributed by atoms with van der Waals surface area (Å²) >= 11 is 0. The molecule has 122 valence electrons. The summed E-state index contributed by atoms with van der Waals surface area (Å²) in [5.74, 6) is -4.91. The molecule has 4 N–H and O–H groups in total. The van der Waals surface area contributed by atoms with Crippen molar-refractivity contribution < 1.29 is 56.7 Å². The zero-order chi connectivity index (χ0) is 15.7. The van der Waals surface area contributed by atoms with E-state index in [1.54, 1.807) is 0 Å². The molecule has 0 aromatic heterocycles. The van der Waals surface area contributed by atoms with Gasteiger partial charge >= 0.3 is 23.9 Å². The number of carbonyl (C=O) groups is 4. The molecule has 0 aliphatic rings. The smallest absolute Gasteiger partial charge is 0.317 e. The van der Waals surface area contributed by atoms with Crippen molar-refractivity contribution in [1.82, 2.24) is 9.80 Å². The van der Waals surface area contributed by atoms with Crippen molar-refractivity contribution in [2.45, 2.75) is 0 Å². The van der Waals surface area contributed by atoms with Crippen molar-refractivity contribution in [3.8, 4) is 0 Å². The monoisotopic (exact) mass is 370 g/mol. The number of rotatable bonds is 11. The van der Waals surface area contributed by atoms with Crippen molar-refractivity contribution in [2.75, 3.05) is 39.3 Å². The first-order chi connectivity index (χ1) is 9.20. The first-order valence-electron chi connectivity index (χ1n) is 5.52. The van der Waals surface area contributed by atoms with Crippen LogP contribution in [0.4, 0.5) is 0 Å². The molecule has 12 heteroatoms. The molecule has 0 unspecified atom stereocenters. The van der Waals surface area contributed by atoms with Crippen LogP contribution in [0.2, 0.25) is 0 Å². The fourth-order valence-electron chi connectivity index (χ4n) is 1.48. The molecular formula is C10H16MnN2NaO8. The van der Waals surface area contributed by atoms with Crippen molar-refractivity contribution in [2.24, 2.45) is 0 Å². The molecule has 0 saturated carbocycles. The van der Waals surface area contributed by atoms with E-state index in [2.05, 4.69) is 0 Å². The summed E-state index contributed by atoms with van der Waals surface area (Å²) in [4.78, 5) is 44.4. The SMILES string of the molecule is O=C(O)CN(CCN(CC(=O)O)CC(=O)O)CC(=O)O.[Mn].[Na]. The van der Waals surface area contributed by atoms with Gasteiger partial charge in [0, 0.05) is 59.7 Å². The van der Waals surface area contributed by atoms with Gasteiger partial charge < -0.3 is 20.4 Å². The van der Waals surface area contributed by atoms with Crippen LogP contribution in [0.5, 0.6) is 0 Å². The standard InChI is InChI=1S/C10H16N2O8.Mn.Na/c13-7(14)3-11(4-8(15)16)1-2-12(5-9(17)18)6-10(19)20;;/h1-6H2,(H,13,14)(H,15,16)(H,17,18)(H,19,20);;. The van der Waals surface area contributed by atoms with Gasteiger partial charge in [-0.1, -0.05) is 0 Å². The van der Waals surface area contributed by atoms with Crippen LogP contribution in [0.1, 0.15) is 0 Å². The maximum absolute atomic E-state index is 10.6. The molecular weight excluding hydrogens is 354 g/mol. The van der Waals surface area contributed by atoms with Gasteiger partial charge in [0.15, 0.2) is 0 Å². The quantitative estimate of drug-likeness (QED) is 0.288. The second-order valence-corrected chi connectivity index (χ2v) is 4.00. The van der Waals surface area contributed by atoms with Crippen LogP contribution >= 0.6 is 0 Å². The van der Waals surface area contributed by atoms with Crippen molar-refractivity contribution >= 4 is 53.4 Å². The first-order valence-corrected chi connectivity index (χ1v) is 5.52. The largest absolute Gasteiger partial charge is 0.480 e. The van der Waals surface area contributed by atoms with Gasteiger partial charge in [-0.15, -0.1) is 0 Å². The molecule has 0 atom stereocenters. The molecule has 0 aromatic carbocycles. The molecule has 0 bridgehead atoms. The number of hydrogen-bond donors (Lipinski definition) is 4. The number of carboxylic acid groups (broad SMARTS) is 4. The molecule has 0 aliphatic carbocycles. The van der Waals surface area contributed by atoms with Crippen LogP contribution in [-0.4, -0.2) is 123 Å². The number of nitrogens with zero attached hydrogens (tertiary/aromatic N) is 2. The Balaban J connectivity index is -0.00000180. The molecule has 0 saturated heterocycles. The fraction of sp³-hybridized carbons (Fsp3) is 0.600. The minimum absolute atomic E-state index is 0. The van der Waals surface area contributed by atoms with Crippen LogP contribution in [0.3, 0.4) is 0 Å². The van der Waals surface area contributed by atoms with E-state index in [-0.39, 0.29) is 59.7 Å². The normalized spacial score (nSPS) is 9.73. The topological polar surface area (TPSA) is 156 Å². The van der Waals surface area contributed by atoms with E-state index in [0.29, 0.717) is 0 Å². The molecule has 22 heavy (non-hydrogen) atoms.